The van der Waals surface area contributed by atoms with Crippen molar-refractivity contribution in [3.8, 4) is 0 Å². The van der Waals surface area contributed by atoms with Crippen molar-refractivity contribution in [3.63, 3.8) is 0 Å². The molecule has 0 spiro atoms. The zero-order valence-corrected chi connectivity index (χ0v) is 24.3. The Bertz CT molecular complexity index is 2050. The minimum absolute atomic E-state index is 0.00458. The maximum Gasteiger partial charge on any atom is 0.270 e. The van der Waals surface area contributed by atoms with Gasteiger partial charge in [-0.2, -0.15) is 0 Å². The monoisotopic (exact) mass is 618 g/mol. The van der Waals surface area contributed by atoms with Crippen LogP contribution in [0.1, 0.15) is 23.3 Å². The molecule has 0 N–H and O–H groups in total. The van der Waals surface area contributed by atoms with E-state index in [4.69, 9.17) is 4.74 Å². The number of carbonyl (C=O) groups is 1. The standard InChI is InChI=1S/C13H9N3O3S.C12H9N3O2S.C4H8O/c17-9-10-8-12-13(15-7-6-14-12)16(10)20(18,19)11-4-2-1-3-5-11;16-18(17,10-4-2-1-3-5-10)15-9-6-11-12(15)14-8-7-13-11;1-2-4-5-3-1/h1-9H;1-9H;1-4H2. The van der Waals surface area contributed by atoms with Gasteiger partial charge in [-0.1, -0.05) is 36.4 Å². The molecule has 0 saturated carbocycles. The molecule has 2 aromatic carbocycles. The van der Waals surface area contributed by atoms with E-state index in [9.17, 15) is 21.6 Å². The molecule has 1 saturated heterocycles. The van der Waals surface area contributed by atoms with Crippen LogP contribution in [0.3, 0.4) is 0 Å². The summed E-state index contributed by atoms with van der Waals surface area (Å²) in [5.74, 6) is 0. The molecule has 7 rings (SSSR count). The zero-order chi connectivity index (χ0) is 30.3. The summed E-state index contributed by atoms with van der Waals surface area (Å²) >= 11 is 0. The van der Waals surface area contributed by atoms with Crippen molar-refractivity contribution in [1.82, 2.24) is 27.9 Å². The van der Waals surface area contributed by atoms with Crippen molar-refractivity contribution < 1.29 is 26.4 Å². The molecule has 4 aromatic heterocycles. The van der Waals surface area contributed by atoms with Crippen LogP contribution in [0.25, 0.3) is 22.3 Å². The van der Waals surface area contributed by atoms with E-state index in [2.05, 4.69) is 19.9 Å². The van der Waals surface area contributed by atoms with Crippen molar-refractivity contribution >= 4 is 48.7 Å². The third-order valence-electron chi connectivity index (χ3n) is 6.23. The fraction of sp³-hybridized carbons (Fsp3) is 0.138. The van der Waals surface area contributed by atoms with Crippen molar-refractivity contribution in [2.75, 3.05) is 13.2 Å². The van der Waals surface area contributed by atoms with Crippen LogP contribution >= 0.6 is 0 Å². The first-order valence-electron chi connectivity index (χ1n) is 13.1. The molecule has 0 radical (unpaired) electrons. The van der Waals surface area contributed by atoms with E-state index >= 15 is 0 Å². The molecular formula is C29H26N6O6S2. The molecule has 12 nitrogen and oxygen atoms in total. The van der Waals surface area contributed by atoms with Gasteiger partial charge in [0.15, 0.2) is 17.6 Å². The van der Waals surface area contributed by atoms with Gasteiger partial charge in [-0.25, -0.2) is 34.7 Å². The SMILES string of the molecule is C1CCOC1.O=Cc1cc2nccnc2n1S(=O)(=O)c1ccccc1.O=S(=O)(c1ccccc1)n1ccc2nccnc21. The van der Waals surface area contributed by atoms with Crippen LogP contribution in [0.4, 0.5) is 0 Å². The number of fused-ring (bicyclic) bond motifs is 2. The van der Waals surface area contributed by atoms with Crippen molar-refractivity contribution in [3.05, 3.63) is 109 Å². The van der Waals surface area contributed by atoms with E-state index in [1.165, 1.54) is 62.0 Å². The summed E-state index contributed by atoms with van der Waals surface area (Å²) in [6.45, 7) is 2.00. The molecule has 0 unspecified atom stereocenters. The molecule has 6 aromatic rings. The highest BCUT2D eigenvalue weighted by molar-refractivity contribution is 7.90. The van der Waals surface area contributed by atoms with Gasteiger partial charge in [0.25, 0.3) is 20.0 Å². The summed E-state index contributed by atoms with van der Waals surface area (Å²) in [6, 6.07) is 19.1. The van der Waals surface area contributed by atoms with Crippen LogP contribution in [0.5, 0.6) is 0 Å². The average molecular weight is 619 g/mol. The minimum Gasteiger partial charge on any atom is -0.381 e. The van der Waals surface area contributed by atoms with Crippen LogP contribution in [-0.4, -0.2) is 64.2 Å². The first-order chi connectivity index (χ1) is 20.8. The molecule has 1 aliphatic heterocycles. The minimum atomic E-state index is -3.88. The van der Waals surface area contributed by atoms with Gasteiger partial charge in [-0.15, -0.1) is 0 Å². The Balaban J connectivity index is 0.000000148. The normalized spacial score (nSPS) is 13.1. The first-order valence-corrected chi connectivity index (χ1v) is 16.0. The number of rotatable bonds is 5. The summed E-state index contributed by atoms with van der Waals surface area (Å²) in [5, 5.41) is 0. The predicted molar refractivity (Wildman–Crippen MR) is 159 cm³/mol. The Kier molecular flexibility index (Phi) is 8.99. The second-order valence-electron chi connectivity index (χ2n) is 9.05. The lowest BCUT2D eigenvalue weighted by Crippen LogP contribution is -2.15. The number of hydrogen-bond donors (Lipinski definition) is 0. The Morgan fingerprint density at radius 2 is 1.19 bits per heavy atom. The lowest BCUT2D eigenvalue weighted by atomic mass is 10.4. The maximum atomic E-state index is 12.6. The number of benzene rings is 2. The number of aldehydes is 1. The van der Waals surface area contributed by atoms with Gasteiger partial charge in [0.05, 0.1) is 9.79 Å². The molecule has 43 heavy (non-hydrogen) atoms. The third kappa shape index (κ3) is 6.35. The van der Waals surface area contributed by atoms with Crippen LogP contribution < -0.4 is 0 Å². The number of carbonyl (C=O) groups excluding carboxylic acids is 1. The Morgan fingerprint density at radius 3 is 1.74 bits per heavy atom. The molecule has 0 amide bonds. The number of nitrogens with zero attached hydrogens (tertiary/aromatic N) is 6. The van der Waals surface area contributed by atoms with Gasteiger partial charge < -0.3 is 4.74 Å². The van der Waals surface area contributed by atoms with Gasteiger partial charge in [-0.3, -0.25) is 14.8 Å². The third-order valence-corrected chi connectivity index (χ3v) is 9.64. The Hall–Kier alpha value is -4.79. The summed E-state index contributed by atoms with van der Waals surface area (Å²) in [7, 11) is -7.49. The largest absolute Gasteiger partial charge is 0.381 e. The molecular weight excluding hydrogens is 592 g/mol. The predicted octanol–water partition coefficient (Wildman–Crippen LogP) is 3.95. The van der Waals surface area contributed by atoms with Crippen LogP contribution in [0.15, 0.2) is 114 Å². The zero-order valence-electron chi connectivity index (χ0n) is 22.7. The molecule has 5 heterocycles. The lowest BCUT2D eigenvalue weighted by Gasteiger charge is -2.08. The molecule has 1 aliphatic rings. The van der Waals surface area contributed by atoms with E-state index in [1.807, 2.05) is 0 Å². The van der Waals surface area contributed by atoms with Gasteiger partial charge >= 0.3 is 0 Å². The topological polar surface area (TPSA) is 156 Å². The van der Waals surface area contributed by atoms with Crippen LogP contribution in [-0.2, 0) is 24.8 Å². The highest BCUT2D eigenvalue weighted by Gasteiger charge is 2.24. The van der Waals surface area contributed by atoms with Crippen molar-refractivity contribution in [2.24, 2.45) is 0 Å². The molecule has 0 bridgehead atoms. The van der Waals surface area contributed by atoms with Gasteiger partial charge in [0, 0.05) is 44.2 Å². The van der Waals surface area contributed by atoms with E-state index in [0.29, 0.717) is 23.0 Å². The second kappa shape index (κ2) is 13.0. The van der Waals surface area contributed by atoms with Crippen LogP contribution in [0.2, 0.25) is 0 Å². The highest BCUT2D eigenvalue weighted by Crippen LogP contribution is 2.22. The summed E-state index contributed by atoms with van der Waals surface area (Å²) in [6.07, 6.45) is 10.3. The molecule has 1 fully saturated rings. The molecule has 0 atom stereocenters. The fourth-order valence-corrected chi connectivity index (χ4v) is 6.97. The average Bonchev–Trinajstić information content (AvgIpc) is 3.83. The number of aromatic nitrogens is 6. The Labute approximate surface area is 247 Å². The quantitative estimate of drug-likeness (QED) is 0.259. The van der Waals surface area contributed by atoms with E-state index in [-0.39, 0.29) is 21.1 Å². The van der Waals surface area contributed by atoms with Crippen LogP contribution in [0, 0.1) is 0 Å². The maximum absolute atomic E-state index is 12.6. The number of hydrogen-bond acceptors (Lipinski definition) is 10. The van der Waals surface area contributed by atoms with Crippen molar-refractivity contribution in [2.45, 2.75) is 22.6 Å². The van der Waals surface area contributed by atoms with Gasteiger partial charge in [0.1, 0.15) is 16.7 Å². The van der Waals surface area contributed by atoms with Crippen molar-refractivity contribution in [1.29, 1.82) is 0 Å². The molecule has 14 heteroatoms. The summed E-state index contributed by atoms with van der Waals surface area (Å²) in [4.78, 5) is 27.6. The molecule has 220 valence electrons. The Morgan fingerprint density at radius 1 is 0.651 bits per heavy atom. The number of ether oxygens (including phenoxy) is 1. The highest BCUT2D eigenvalue weighted by atomic mass is 32.2. The summed E-state index contributed by atoms with van der Waals surface area (Å²) in [5.41, 5.74) is 1.38. The van der Waals surface area contributed by atoms with Gasteiger partial charge in [-0.05, 0) is 49.2 Å². The smallest absolute Gasteiger partial charge is 0.270 e. The second-order valence-corrected chi connectivity index (χ2v) is 12.7. The lowest BCUT2D eigenvalue weighted by molar-refractivity contribution is 0.111. The first kappa shape index (κ1) is 29.7. The van der Waals surface area contributed by atoms with E-state index < -0.39 is 20.0 Å². The van der Waals surface area contributed by atoms with E-state index in [0.717, 1.165) is 21.2 Å². The molecule has 0 aliphatic carbocycles. The fourth-order valence-electron chi connectivity index (χ4n) is 4.20. The van der Waals surface area contributed by atoms with Gasteiger partial charge in [0.2, 0.25) is 0 Å². The summed E-state index contributed by atoms with van der Waals surface area (Å²) < 4.78 is 57.1. The van der Waals surface area contributed by atoms with E-state index in [1.54, 1.807) is 54.6 Å².